The zero-order valence-electron chi connectivity index (χ0n) is 17.5. The van der Waals surface area contributed by atoms with E-state index in [0.717, 1.165) is 29.4 Å². The number of amides is 1. The third-order valence-electron chi connectivity index (χ3n) is 4.80. The fraction of sp³-hybridized carbons (Fsp3) is 0.409. The number of benzene rings is 2. The highest BCUT2D eigenvalue weighted by Crippen LogP contribution is 2.24. The molecule has 0 spiro atoms. The molecular weight excluding hydrogens is 372 g/mol. The van der Waals surface area contributed by atoms with Crippen molar-refractivity contribution in [3.8, 4) is 0 Å². The lowest BCUT2D eigenvalue weighted by Gasteiger charge is -2.30. The molecule has 2 aromatic rings. The number of anilines is 1. The Balaban J connectivity index is 2.25. The van der Waals surface area contributed by atoms with Crippen LogP contribution in [0.15, 0.2) is 42.5 Å². The number of hydrogen-bond acceptors (Lipinski definition) is 3. The Morgan fingerprint density at radius 3 is 2.04 bits per heavy atom. The molecule has 0 aromatic heterocycles. The van der Waals surface area contributed by atoms with Crippen molar-refractivity contribution in [3.05, 3.63) is 64.7 Å². The van der Waals surface area contributed by atoms with Crippen molar-refractivity contribution in [1.82, 2.24) is 5.32 Å². The van der Waals surface area contributed by atoms with Gasteiger partial charge in [0.1, 0.15) is 6.04 Å². The van der Waals surface area contributed by atoms with Gasteiger partial charge in [0.2, 0.25) is 15.9 Å². The van der Waals surface area contributed by atoms with E-state index < -0.39 is 16.1 Å². The number of rotatable bonds is 7. The first-order valence-corrected chi connectivity index (χ1v) is 11.3. The molecule has 0 saturated carbocycles. The molecule has 152 valence electrons. The van der Waals surface area contributed by atoms with E-state index in [1.54, 1.807) is 19.1 Å². The maximum Gasteiger partial charge on any atom is 0.244 e. The number of aryl methyl sites for hydroxylation is 3. The van der Waals surface area contributed by atoms with E-state index in [9.17, 15) is 13.2 Å². The minimum absolute atomic E-state index is 0.221. The van der Waals surface area contributed by atoms with Crippen molar-refractivity contribution in [1.29, 1.82) is 0 Å². The Hall–Kier alpha value is -2.34. The van der Waals surface area contributed by atoms with Crippen LogP contribution in [0, 0.1) is 13.8 Å². The van der Waals surface area contributed by atoms with Gasteiger partial charge in [0.05, 0.1) is 18.0 Å². The predicted molar refractivity (Wildman–Crippen MR) is 115 cm³/mol. The van der Waals surface area contributed by atoms with Crippen molar-refractivity contribution in [2.24, 2.45) is 0 Å². The summed E-state index contributed by atoms with van der Waals surface area (Å²) >= 11 is 0. The second-order valence-corrected chi connectivity index (χ2v) is 9.27. The highest BCUT2D eigenvalue weighted by molar-refractivity contribution is 7.92. The van der Waals surface area contributed by atoms with E-state index in [2.05, 4.69) is 12.2 Å². The summed E-state index contributed by atoms with van der Waals surface area (Å²) in [6, 6.07) is 12.5. The molecule has 2 rings (SSSR count). The molecule has 2 aromatic carbocycles. The minimum atomic E-state index is -3.63. The smallest absolute Gasteiger partial charge is 0.244 e. The van der Waals surface area contributed by atoms with Crippen LogP contribution in [0.5, 0.6) is 0 Å². The molecular formula is C22H30N2O3S. The normalized spacial score (nSPS) is 13.6. The maximum atomic E-state index is 12.9. The molecule has 1 amide bonds. The number of nitrogens with one attached hydrogen (secondary N) is 1. The van der Waals surface area contributed by atoms with E-state index in [-0.39, 0.29) is 11.9 Å². The molecule has 0 bridgehead atoms. The van der Waals surface area contributed by atoms with Crippen LogP contribution in [0.4, 0.5) is 5.69 Å². The molecule has 0 saturated heterocycles. The third kappa shape index (κ3) is 5.35. The van der Waals surface area contributed by atoms with Crippen LogP contribution < -0.4 is 9.62 Å². The van der Waals surface area contributed by atoms with Crippen molar-refractivity contribution >= 4 is 21.6 Å². The van der Waals surface area contributed by atoms with Crippen LogP contribution >= 0.6 is 0 Å². The molecule has 28 heavy (non-hydrogen) atoms. The second-order valence-electron chi connectivity index (χ2n) is 7.41. The number of carbonyl (C=O) groups excluding carboxylic acids is 1. The lowest BCUT2D eigenvalue weighted by Crippen LogP contribution is -2.48. The Kier molecular flexibility index (Phi) is 6.88. The largest absolute Gasteiger partial charge is 0.348 e. The van der Waals surface area contributed by atoms with E-state index in [1.165, 1.54) is 9.87 Å². The average Bonchev–Trinajstić information content (AvgIpc) is 2.59. The highest BCUT2D eigenvalue weighted by atomic mass is 32.2. The van der Waals surface area contributed by atoms with Gasteiger partial charge in [0, 0.05) is 0 Å². The first-order valence-electron chi connectivity index (χ1n) is 9.49. The van der Waals surface area contributed by atoms with Crippen LogP contribution in [0.3, 0.4) is 0 Å². The van der Waals surface area contributed by atoms with Gasteiger partial charge in [-0.05, 0) is 68.5 Å². The fourth-order valence-electron chi connectivity index (χ4n) is 3.35. The Morgan fingerprint density at radius 1 is 1.04 bits per heavy atom. The first-order chi connectivity index (χ1) is 13.0. The van der Waals surface area contributed by atoms with Crippen molar-refractivity contribution in [3.63, 3.8) is 0 Å². The Bertz CT molecular complexity index is 917. The van der Waals surface area contributed by atoms with E-state index in [1.807, 2.05) is 51.1 Å². The monoisotopic (exact) mass is 402 g/mol. The number of hydrogen-bond donors (Lipinski definition) is 1. The van der Waals surface area contributed by atoms with Crippen LogP contribution in [0.1, 0.15) is 49.1 Å². The summed E-state index contributed by atoms with van der Waals surface area (Å²) in [5, 5.41) is 2.94. The standard InChI is InChI=1S/C22H30N2O3S/c1-7-19-8-10-20(11-9-19)17(4)23-22(25)18(5)24(28(6,26)27)21-13-15(2)12-16(3)14-21/h8-14,17-18H,7H2,1-6H3,(H,23,25)/t17-,18-/m1/s1. The molecule has 6 heteroatoms. The molecule has 1 N–H and O–H groups in total. The molecule has 2 atom stereocenters. The van der Waals surface area contributed by atoms with Gasteiger partial charge >= 0.3 is 0 Å². The zero-order chi connectivity index (χ0) is 21.1. The van der Waals surface area contributed by atoms with Crippen molar-refractivity contribution in [2.75, 3.05) is 10.6 Å². The van der Waals surface area contributed by atoms with Crippen molar-refractivity contribution in [2.45, 2.75) is 53.1 Å². The van der Waals surface area contributed by atoms with Gasteiger partial charge in [-0.15, -0.1) is 0 Å². The summed E-state index contributed by atoms with van der Waals surface area (Å²) in [4.78, 5) is 12.9. The summed E-state index contributed by atoms with van der Waals surface area (Å²) < 4.78 is 26.1. The minimum Gasteiger partial charge on any atom is -0.348 e. The van der Waals surface area contributed by atoms with Crippen LogP contribution in [0.25, 0.3) is 0 Å². The molecule has 0 heterocycles. The molecule has 0 fully saturated rings. The number of carbonyl (C=O) groups is 1. The van der Waals surface area contributed by atoms with E-state index >= 15 is 0 Å². The second kappa shape index (κ2) is 8.78. The summed E-state index contributed by atoms with van der Waals surface area (Å²) in [6.45, 7) is 9.41. The van der Waals surface area contributed by atoms with Gasteiger partial charge in [-0.25, -0.2) is 8.42 Å². The molecule has 0 aliphatic heterocycles. The fourth-order valence-corrected chi connectivity index (χ4v) is 4.50. The van der Waals surface area contributed by atoms with E-state index in [4.69, 9.17) is 0 Å². The van der Waals surface area contributed by atoms with Gasteiger partial charge in [-0.2, -0.15) is 0 Å². The van der Waals surface area contributed by atoms with Gasteiger partial charge in [-0.3, -0.25) is 9.10 Å². The lowest BCUT2D eigenvalue weighted by molar-refractivity contribution is -0.122. The first kappa shape index (κ1) is 22.0. The quantitative estimate of drug-likeness (QED) is 0.764. The maximum absolute atomic E-state index is 12.9. The van der Waals surface area contributed by atoms with E-state index in [0.29, 0.717) is 5.69 Å². The predicted octanol–water partition coefficient (Wildman–Crippen LogP) is 3.90. The van der Waals surface area contributed by atoms with Gasteiger partial charge in [0.15, 0.2) is 0 Å². The summed E-state index contributed by atoms with van der Waals surface area (Å²) in [7, 11) is -3.63. The Morgan fingerprint density at radius 2 is 1.57 bits per heavy atom. The number of sulfonamides is 1. The molecule has 0 aliphatic carbocycles. The lowest BCUT2D eigenvalue weighted by atomic mass is 10.0. The Labute approximate surface area is 168 Å². The number of nitrogens with zero attached hydrogens (tertiary/aromatic N) is 1. The summed E-state index contributed by atoms with van der Waals surface area (Å²) in [6.07, 6.45) is 2.08. The zero-order valence-corrected chi connectivity index (χ0v) is 18.3. The van der Waals surface area contributed by atoms with Gasteiger partial charge in [-0.1, -0.05) is 37.3 Å². The SMILES string of the molecule is CCc1ccc([C@@H](C)NC(=O)[C@@H](C)N(c2cc(C)cc(C)c2)S(C)(=O)=O)cc1. The van der Waals surface area contributed by atoms with Gasteiger partial charge < -0.3 is 5.32 Å². The van der Waals surface area contributed by atoms with Crippen LogP contribution in [-0.4, -0.2) is 26.6 Å². The molecule has 0 aliphatic rings. The molecule has 0 unspecified atom stereocenters. The van der Waals surface area contributed by atoms with Crippen molar-refractivity contribution < 1.29 is 13.2 Å². The van der Waals surface area contributed by atoms with Gasteiger partial charge in [0.25, 0.3) is 0 Å². The molecule has 5 nitrogen and oxygen atoms in total. The molecule has 0 radical (unpaired) electrons. The average molecular weight is 403 g/mol. The highest BCUT2D eigenvalue weighted by Gasteiger charge is 2.30. The summed E-state index contributed by atoms with van der Waals surface area (Å²) in [5.74, 6) is -0.336. The van der Waals surface area contributed by atoms with Crippen LogP contribution in [0.2, 0.25) is 0 Å². The van der Waals surface area contributed by atoms with Crippen LogP contribution in [-0.2, 0) is 21.2 Å². The third-order valence-corrected chi connectivity index (χ3v) is 6.04. The summed E-state index contributed by atoms with van der Waals surface area (Å²) in [5.41, 5.74) is 4.60. The topological polar surface area (TPSA) is 66.5 Å².